The maximum Gasteiger partial charge on any atom is 0.161 e. The Balaban J connectivity index is 1.94. The van der Waals surface area contributed by atoms with Gasteiger partial charge in [-0.15, -0.1) is 0 Å². The van der Waals surface area contributed by atoms with Crippen molar-refractivity contribution in [2.45, 2.75) is 26.3 Å². The molecule has 2 rings (SSSR count). The monoisotopic (exact) mass is 279 g/mol. The van der Waals surface area contributed by atoms with Gasteiger partial charge in [-0.2, -0.15) is 0 Å². The summed E-state index contributed by atoms with van der Waals surface area (Å²) in [6, 6.07) is 8.17. The predicted molar refractivity (Wildman–Crippen MR) is 79.5 cm³/mol. The minimum absolute atomic E-state index is 0.331. The lowest BCUT2D eigenvalue weighted by molar-refractivity contribution is 0.159. The Morgan fingerprint density at radius 1 is 1.25 bits per heavy atom. The van der Waals surface area contributed by atoms with E-state index in [4.69, 9.17) is 14.2 Å². The number of rotatable bonds is 8. The van der Waals surface area contributed by atoms with E-state index in [9.17, 15) is 0 Å². The summed E-state index contributed by atoms with van der Waals surface area (Å²) in [6.45, 7) is 8.03. The SMILES string of the molecule is CCNC(COc1ccccc1OCC)C1CCOC1. The van der Waals surface area contributed by atoms with Gasteiger partial charge in [0.2, 0.25) is 0 Å². The molecule has 2 unspecified atom stereocenters. The zero-order valence-electron chi connectivity index (χ0n) is 12.4. The zero-order valence-corrected chi connectivity index (χ0v) is 12.4. The second-order valence-electron chi connectivity index (χ2n) is 4.98. The summed E-state index contributed by atoms with van der Waals surface area (Å²) in [5.74, 6) is 2.17. The fraction of sp³-hybridized carbons (Fsp3) is 0.625. The van der Waals surface area contributed by atoms with Gasteiger partial charge in [0, 0.05) is 18.6 Å². The largest absolute Gasteiger partial charge is 0.490 e. The van der Waals surface area contributed by atoms with Crippen LogP contribution in [0.15, 0.2) is 24.3 Å². The second-order valence-corrected chi connectivity index (χ2v) is 4.98. The summed E-state index contributed by atoms with van der Waals surface area (Å²) in [6.07, 6.45) is 1.11. The highest BCUT2D eigenvalue weighted by molar-refractivity contribution is 5.39. The van der Waals surface area contributed by atoms with Crippen molar-refractivity contribution in [2.75, 3.05) is 33.0 Å². The third-order valence-corrected chi connectivity index (χ3v) is 3.57. The summed E-state index contributed by atoms with van der Waals surface area (Å²) in [4.78, 5) is 0. The summed E-state index contributed by atoms with van der Waals surface area (Å²) >= 11 is 0. The third kappa shape index (κ3) is 4.12. The average Bonchev–Trinajstić information content (AvgIpc) is 2.99. The van der Waals surface area contributed by atoms with E-state index < -0.39 is 0 Å². The standard InChI is InChI=1S/C16H25NO3/c1-3-17-14(13-9-10-18-11-13)12-20-16-8-6-5-7-15(16)19-4-2/h5-8,13-14,17H,3-4,9-12H2,1-2H3. The molecule has 1 fully saturated rings. The van der Waals surface area contributed by atoms with Gasteiger partial charge in [-0.05, 0) is 32.0 Å². The fourth-order valence-corrected chi connectivity index (χ4v) is 2.52. The van der Waals surface area contributed by atoms with Crippen LogP contribution < -0.4 is 14.8 Å². The van der Waals surface area contributed by atoms with Gasteiger partial charge in [0.15, 0.2) is 11.5 Å². The second kappa shape index (κ2) is 8.12. The molecule has 1 aromatic carbocycles. The van der Waals surface area contributed by atoms with Crippen molar-refractivity contribution in [3.8, 4) is 11.5 Å². The molecule has 0 bridgehead atoms. The van der Waals surface area contributed by atoms with Crippen molar-refractivity contribution in [2.24, 2.45) is 5.92 Å². The highest BCUT2D eigenvalue weighted by Gasteiger charge is 2.25. The van der Waals surface area contributed by atoms with Crippen LogP contribution in [0.1, 0.15) is 20.3 Å². The van der Waals surface area contributed by atoms with Gasteiger partial charge in [0.25, 0.3) is 0 Å². The normalized spacial score (nSPS) is 19.8. The van der Waals surface area contributed by atoms with E-state index >= 15 is 0 Å². The van der Waals surface area contributed by atoms with Crippen LogP contribution in [0.2, 0.25) is 0 Å². The molecule has 0 aromatic heterocycles. The molecule has 0 spiro atoms. The number of ether oxygens (including phenoxy) is 3. The first-order chi connectivity index (χ1) is 9.85. The Kier molecular flexibility index (Phi) is 6.15. The lowest BCUT2D eigenvalue weighted by atomic mass is 10.00. The van der Waals surface area contributed by atoms with Crippen molar-refractivity contribution >= 4 is 0 Å². The zero-order chi connectivity index (χ0) is 14.2. The van der Waals surface area contributed by atoms with Crippen molar-refractivity contribution in [3.63, 3.8) is 0 Å². The van der Waals surface area contributed by atoms with Crippen LogP contribution in [0.5, 0.6) is 11.5 Å². The molecule has 4 heteroatoms. The molecule has 112 valence electrons. The van der Waals surface area contributed by atoms with Gasteiger partial charge in [0.1, 0.15) is 6.61 Å². The van der Waals surface area contributed by atoms with Crippen molar-refractivity contribution < 1.29 is 14.2 Å². The highest BCUT2D eigenvalue weighted by atomic mass is 16.5. The van der Waals surface area contributed by atoms with E-state index in [-0.39, 0.29) is 0 Å². The van der Waals surface area contributed by atoms with E-state index in [0.717, 1.165) is 37.7 Å². The van der Waals surface area contributed by atoms with Crippen LogP contribution in [0.25, 0.3) is 0 Å². The topological polar surface area (TPSA) is 39.7 Å². The molecule has 1 saturated heterocycles. The predicted octanol–water partition coefficient (Wildman–Crippen LogP) is 2.48. The van der Waals surface area contributed by atoms with Crippen LogP contribution in [-0.2, 0) is 4.74 Å². The smallest absolute Gasteiger partial charge is 0.161 e. The number of para-hydroxylation sites is 2. The Bertz CT molecular complexity index is 391. The summed E-state index contributed by atoms with van der Waals surface area (Å²) < 4.78 is 17.0. The van der Waals surface area contributed by atoms with Crippen molar-refractivity contribution in [3.05, 3.63) is 24.3 Å². The first-order valence-corrected chi connectivity index (χ1v) is 7.50. The molecule has 1 aliphatic rings. The van der Waals surface area contributed by atoms with Crippen LogP contribution in [0.4, 0.5) is 0 Å². The Morgan fingerprint density at radius 2 is 2.00 bits per heavy atom. The molecule has 0 amide bonds. The fourth-order valence-electron chi connectivity index (χ4n) is 2.52. The van der Waals surface area contributed by atoms with E-state index in [1.54, 1.807) is 0 Å². The minimum atomic E-state index is 0.331. The molecular weight excluding hydrogens is 254 g/mol. The third-order valence-electron chi connectivity index (χ3n) is 3.57. The van der Waals surface area contributed by atoms with Crippen LogP contribution in [0, 0.1) is 5.92 Å². The summed E-state index contributed by atoms with van der Waals surface area (Å²) in [7, 11) is 0. The average molecular weight is 279 g/mol. The van der Waals surface area contributed by atoms with E-state index in [1.807, 2.05) is 31.2 Å². The minimum Gasteiger partial charge on any atom is -0.490 e. The molecule has 0 radical (unpaired) electrons. The van der Waals surface area contributed by atoms with Gasteiger partial charge < -0.3 is 19.5 Å². The lowest BCUT2D eigenvalue weighted by Crippen LogP contribution is -2.41. The molecule has 0 saturated carbocycles. The number of nitrogens with one attached hydrogen (secondary N) is 1. The Morgan fingerprint density at radius 3 is 2.60 bits per heavy atom. The van der Waals surface area contributed by atoms with Gasteiger partial charge >= 0.3 is 0 Å². The molecule has 20 heavy (non-hydrogen) atoms. The molecule has 1 aromatic rings. The molecule has 0 aliphatic carbocycles. The van der Waals surface area contributed by atoms with Gasteiger partial charge in [-0.1, -0.05) is 19.1 Å². The Labute approximate surface area is 121 Å². The molecule has 1 heterocycles. The van der Waals surface area contributed by atoms with Crippen LogP contribution in [0.3, 0.4) is 0 Å². The van der Waals surface area contributed by atoms with E-state index in [0.29, 0.717) is 25.2 Å². The van der Waals surface area contributed by atoms with Crippen LogP contribution >= 0.6 is 0 Å². The first-order valence-electron chi connectivity index (χ1n) is 7.50. The van der Waals surface area contributed by atoms with Crippen LogP contribution in [-0.4, -0.2) is 39.0 Å². The number of hydrogen-bond donors (Lipinski definition) is 1. The summed E-state index contributed by atoms with van der Waals surface area (Å²) in [5.41, 5.74) is 0. The van der Waals surface area contributed by atoms with Gasteiger partial charge in [0.05, 0.1) is 13.2 Å². The lowest BCUT2D eigenvalue weighted by Gasteiger charge is -2.24. The number of hydrogen-bond acceptors (Lipinski definition) is 4. The van der Waals surface area contributed by atoms with E-state index in [1.165, 1.54) is 0 Å². The molecule has 1 aliphatic heterocycles. The maximum atomic E-state index is 5.97. The molecule has 2 atom stereocenters. The maximum absolute atomic E-state index is 5.97. The summed E-state index contributed by atoms with van der Waals surface area (Å²) in [5, 5.41) is 3.50. The van der Waals surface area contributed by atoms with E-state index in [2.05, 4.69) is 12.2 Å². The van der Waals surface area contributed by atoms with Gasteiger partial charge in [-0.25, -0.2) is 0 Å². The highest BCUT2D eigenvalue weighted by Crippen LogP contribution is 2.27. The quantitative estimate of drug-likeness (QED) is 0.793. The molecule has 4 nitrogen and oxygen atoms in total. The van der Waals surface area contributed by atoms with Gasteiger partial charge in [-0.3, -0.25) is 0 Å². The molecular formula is C16H25NO3. The Hall–Kier alpha value is -1.26. The number of benzene rings is 1. The molecule has 1 N–H and O–H groups in total. The first kappa shape index (κ1) is 15.1. The number of likely N-dealkylation sites (N-methyl/N-ethyl adjacent to an activating group) is 1. The van der Waals surface area contributed by atoms with Crippen molar-refractivity contribution in [1.29, 1.82) is 0 Å². The van der Waals surface area contributed by atoms with Crippen molar-refractivity contribution in [1.82, 2.24) is 5.32 Å².